The van der Waals surface area contributed by atoms with E-state index in [1.807, 2.05) is 0 Å². The summed E-state index contributed by atoms with van der Waals surface area (Å²) >= 11 is 0. The molecular weight excluding hydrogens is 250 g/mol. The molecule has 2 atom stereocenters. The van der Waals surface area contributed by atoms with Gasteiger partial charge < -0.3 is 11.1 Å². The van der Waals surface area contributed by atoms with Crippen LogP contribution in [0.2, 0.25) is 0 Å². The van der Waals surface area contributed by atoms with Crippen molar-refractivity contribution in [2.45, 2.75) is 45.8 Å². The van der Waals surface area contributed by atoms with E-state index in [0.717, 1.165) is 19.5 Å². The number of aryl methyl sites for hydroxylation is 3. The first-order valence-corrected chi connectivity index (χ1v) is 7.20. The maximum absolute atomic E-state index is 12.0. The Balaban J connectivity index is 2.22. The Morgan fingerprint density at radius 3 is 2.50 bits per heavy atom. The van der Waals surface area contributed by atoms with Crippen LogP contribution in [0.25, 0.3) is 0 Å². The lowest BCUT2D eigenvalue weighted by Gasteiger charge is -2.25. The molecule has 4 heteroatoms. The van der Waals surface area contributed by atoms with Crippen molar-refractivity contribution < 1.29 is 4.79 Å². The highest BCUT2D eigenvalue weighted by atomic mass is 16.2. The van der Waals surface area contributed by atoms with Crippen LogP contribution >= 0.6 is 0 Å². The van der Waals surface area contributed by atoms with Crippen molar-refractivity contribution in [1.82, 2.24) is 10.2 Å². The van der Waals surface area contributed by atoms with Gasteiger partial charge in [0.1, 0.15) is 0 Å². The predicted molar refractivity (Wildman–Crippen MR) is 81.5 cm³/mol. The summed E-state index contributed by atoms with van der Waals surface area (Å²) in [6.45, 7) is 7.97. The molecule has 0 aromatic heterocycles. The summed E-state index contributed by atoms with van der Waals surface area (Å²) in [5.41, 5.74) is 11.2. The van der Waals surface area contributed by atoms with Gasteiger partial charge >= 0.3 is 0 Å². The van der Waals surface area contributed by atoms with Crippen LogP contribution in [0.15, 0.2) is 12.1 Å². The van der Waals surface area contributed by atoms with Gasteiger partial charge in [-0.15, -0.1) is 0 Å². The molecule has 4 nitrogen and oxygen atoms in total. The molecule has 0 spiro atoms. The van der Waals surface area contributed by atoms with E-state index in [-0.39, 0.29) is 18.0 Å². The van der Waals surface area contributed by atoms with Gasteiger partial charge in [-0.1, -0.05) is 17.7 Å². The van der Waals surface area contributed by atoms with Crippen molar-refractivity contribution >= 4 is 5.91 Å². The number of nitrogens with zero attached hydrogens (tertiary/aromatic N) is 1. The van der Waals surface area contributed by atoms with E-state index in [0.29, 0.717) is 0 Å². The van der Waals surface area contributed by atoms with Crippen LogP contribution in [0, 0.1) is 20.8 Å². The van der Waals surface area contributed by atoms with Gasteiger partial charge in [0.05, 0.1) is 6.04 Å². The third-order valence-corrected chi connectivity index (χ3v) is 4.19. The zero-order chi connectivity index (χ0) is 14.9. The van der Waals surface area contributed by atoms with Crippen molar-refractivity contribution in [3.8, 4) is 0 Å². The van der Waals surface area contributed by atoms with E-state index in [9.17, 15) is 4.79 Å². The Morgan fingerprint density at radius 2 is 1.95 bits per heavy atom. The third kappa shape index (κ3) is 3.02. The molecular formula is C16H25N3O. The molecule has 1 aliphatic heterocycles. The van der Waals surface area contributed by atoms with E-state index in [1.165, 1.54) is 22.3 Å². The summed E-state index contributed by atoms with van der Waals surface area (Å²) in [6.07, 6.45) is 0.740. The monoisotopic (exact) mass is 275 g/mol. The van der Waals surface area contributed by atoms with Crippen LogP contribution in [0.3, 0.4) is 0 Å². The molecule has 0 radical (unpaired) electrons. The van der Waals surface area contributed by atoms with Crippen molar-refractivity contribution in [3.63, 3.8) is 0 Å². The molecule has 1 amide bonds. The van der Waals surface area contributed by atoms with Crippen molar-refractivity contribution in [2.24, 2.45) is 5.73 Å². The average Bonchev–Trinajstić information content (AvgIpc) is 2.74. The second kappa shape index (κ2) is 5.94. The number of hydrogen-bond donors (Lipinski definition) is 2. The second-order valence-corrected chi connectivity index (χ2v) is 5.93. The summed E-state index contributed by atoms with van der Waals surface area (Å²) in [7, 11) is 1.69. The van der Waals surface area contributed by atoms with Gasteiger partial charge in [0.15, 0.2) is 0 Å². The van der Waals surface area contributed by atoms with Gasteiger partial charge in [0, 0.05) is 26.2 Å². The highest BCUT2D eigenvalue weighted by Crippen LogP contribution is 2.24. The molecule has 0 saturated carbocycles. The van der Waals surface area contributed by atoms with Crippen molar-refractivity contribution in [1.29, 1.82) is 0 Å². The lowest BCUT2D eigenvalue weighted by Crippen LogP contribution is -2.41. The summed E-state index contributed by atoms with van der Waals surface area (Å²) < 4.78 is 0. The number of rotatable bonds is 3. The highest BCUT2D eigenvalue weighted by Gasteiger charge is 2.34. The van der Waals surface area contributed by atoms with Crippen LogP contribution in [0.4, 0.5) is 0 Å². The highest BCUT2D eigenvalue weighted by molar-refractivity contribution is 5.81. The Morgan fingerprint density at radius 1 is 1.35 bits per heavy atom. The third-order valence-electron chi connectivity index (χ3n) is 4.19. The number of carbonyl (C=O) groups excluding carboxylic acids is 1. The molecule has 0 unspecified atom stereocenters. The predicted octanol–water partition coefficient (Wildman–Crippen LogP) is 1.26. The van der Waals surface area contributed by atoms with Crippen LogP contribution < -0.4 is 11.1 Å². The number of likely N-dealkylation sites (N-methyl/N-ethyl adjacent to an activating group) is 1. The number of amides is 1. The summed E-state index contributed by atoms with van der Waals surface area (Å²) in [4.78, 5) is 14.2. The summed E-state index contributed by atoms with van der Waals surface area (Å²) in [6, 6.07) is 4.39. The van der Waals surface area contributed by atoms with Gasteiger partial charge in [-0.2, -0.15) is 0 Å². The van der Waals surface area contributed by atoms with Gasteiger partial charge in [-0.3, -0.25) is 9.69 Å². The minimum Gasteiger partial charge on any atom is -0.358 e. The molecule has 20 heavy (non-hydrogen) atoms. The first kappa shape index (κ1) is 15.0. The zero-order valence-electron chi connectivity index (χ0n) is 12.9. The number of nitrogens with two attached hydrogens (primary N) is 1. The number of likely N-dealkylation sites (tertiary alicyclic amines) is 1. The van der Waals surface area contributed by atoms with Crippen LogP contribution in [0.1, 0.15) is 28.7 Å². The standard InChI is InChI=1S/C16H25N3O/c1-10-5-11(2)14(12(3)6-10)9-19-8-13(17)7-15(19)16(20)18-4/h5-6,13,15H,7-9,17H2,1-4H3,(H,18,20)/t13-,15+/m1/s1. The van der Waals surface area contributed by atoms with Gasteiger partial charge in [0.2, 0.25) is 5.91 Å². The van der Waals surface area contributed by atoms with Crippen LogP contribution in [-0.2, 0) is 11.3 Å². The fourth-order valence-corrected chi connectivity index (χ4v) is 3.22. The Hall–Kier alpha value is -1.39. The first-order valence-electron chi connectivity index (χ1n) is 7.20. The number of nitrogens with one attached hydrogen (secondary N) is 1. The average molecular weight is 275 g/mol. The lowest BCUT2D eigenvalue weighted by atomic mass is 9.99. The minimum absolute atomic E-state index is 0.0698. The van der Waals surface area contributed by atoms with E-state index in [4.69, 9.17) is 5.73 Å². The normalized spacial score (nSPS) is 23.1. The van der Waals surface area contributed by atoms with Crippen LogP contribution in [0.5, 0.6) is 0 Å². The van der Waals surface area contributed by atoms with Gasteiger partial charge in [-0.25, -0.2) is 0 Å². The first-order chi connectivity index (χ1) is 9.42. The van der Waals surface area contributed by atoms with E-state index in [2.05, 4.69) is 43.1 Å². The Bertz CT molecular complexity index is 489. The molecule has 1 aromatic rings. The minimum atomic E-state index is -0.102. The van der Waals surface area contributed by atoms with Gasteiger partial charge in [-0.05, 0) is 43.9 Å². The SMILES string of the molecule is CNC(=O)[C@@H]1C[C@@H](N)CN1Cc1c(C)cc(C)cc1C. The van der Waals surface area contributed by atoms with Crippen LogP contribution in [-0.4, -0.2) is 36.5 Å². The van der Waals surface area contributed by atoms with Crippen molar-refractivity contribution in [2.75, 3.05) is 13.6 Å². The molecule has 1 fully saturated rings. The Kier molecular flexibility index (Phi) is 4.45. The largest absolute Gasteiger partial charge is 0.358 e. The quantitative estimate of drug-likeness (QED) is 0.873. The van der Waals surface area contributed by atoms with Crippen molar-refractivity contribution in [3.05, 3.63) is 34.4 Å². The lowest BCUT2D eigenvalue weighted by molar-refractivity contribution is -0.125. The molecule has 2 rings (SSSR count). The maximum Gasteiger partial charge on any atom is 0.237 e. The van der Waals surface area contributed by atoms with E-state index < -0.39 is 0 Å². The summed E-state index contributed by atoms with van der Waals surface area (Å²) in [5, 5.41) is 2.75. The molecule has 0 aliphatic carbocycles. The number of hydrogen-bond acceptors (Lipinski definition) is 3. The topological polar surface area (TPSA) is 58.4 Å². The van der Waals surface area contributed by atoms with E-state index >= 15 is 0 Å². The fraction of sp³-hybridized carbons (Fsp3) is 0.562. The molecule has 3 N–H and O–H groups in total. The molecule has 1 saturated heterocycles. The zero-order valence-corrected chi connectivity index (χ0v) is 12.9. The van der Waals surface area contributed by atoms with E-state index in [1.54, 1.807) is 7.05 Å². The van der Waals surface area contributed by atoms with Gasteiger partial charge in [0.25, 0.3) is 0 Å². The molecule has 0 bridgehead atoms. The number of carbonyl (C=O) groups is 1. The fourth-order valence-electron chi connectivity index (χ4n) is 3.22. The molecule has 1 heterocycles. The maximum atomic E-state index is 12.0. The second-order valence-electron chi connectivity index (χ2n) is 5.93. The molecule has 1 aliphatic rings. The Labute approximate surface area is 121 Å². The molecule has 110 valence electrons. The molecule has 1 aromatic carbocycles. The summed E-state index contributed by atoms with van der Waals surface area (Å²) in [5.74, 6) is 0.0698. The smallest absolute Gasteiger partial charge is 0.237 e. The number of benzene rings is 1.